The summed E-state index contributed by atoms with van der Waals surface area (Å²) < 4.78 is 5.21. The minimum atomic E-state index is -2.03. The van der Waals surface area contributed by atoms with E-state index < -0.39 is 46.1 Å². The number of carbonyl (C=O) groups excluding carboxylic acids is 3. The van der Waals surface area contributed by atoms with Crippen molar-refractivity contribution in [3.8, 4) is 11.5 Å². The maximum atomic E-state index is 14.0. The highest BCUT2D eigenvalue weighted by Crippen LogP contribution is 2.53. The summed E-state index contributed by atoms with van der Waals surface area (Å²) in [6, 6.07) is 14.5. The lowest BCUT2D eigenvalue weighted by Gasteiger charge is -2.31. The zero-order valence-electron chi connectivity index (χ0n) is 21.9. The van der Waals surface area contributed by atoms with Crippen molar-refractivity contribution in [3.05, 3.63) is 93.5 Å². The summed E-state index contributed by atoms with van der Waals surface area (Å²) >= 11 is 0. The average molecular weight is 560 g/mol. The molecule has 2 aliphatic rings. The Balaban J connectivity index is 1.65. The number of nitro benzene ring substituents is 1. The van der Waals surface area contributed by atoms with Crippen molar-refractivity contribution in [2.24, 2.45) is 11.8 Å². The van der Waals surface area contributed by atoms with E-state index in [2.05, 4.69) is 5.32 Å². The van der Waals surface area contributed by atoms with Gasteiger partial charge in [0.2, 0.25) is 11.8 Å². The number of amides is 2. The quantitative estimate of drug-likeness (QED) is 0.161. The number of anilines is 1. The van der Waals surface area contributed by atoms with Crippen LogP contribution in [-0.4, -0.2) is 51.4 Å². The van der Waals surface area contributed by atoms with Crippen LogP contribution in [0, 0.1) is 22.0 Å². The van der Waals surface area contributed by atoms with Crippen molar-refractivity contribution in [1.82, 2.24) is 5.32 Å². The van der Waals surface area contributed by atoms with Crippen molar-refractivity contribution in [2.75, 3.05) is 12.0 Å². The minimum Gasteiger partial charge on any atom is -0.504 e. The van der Waals surface area contributed by atoms with Gasteiger partial charge in [0, 0.05) is 35.7 Å². The predicted octanol–water partition coefficient (Wildman–Crippen LogP) is 3.03. The van der Waals surface area contributed by atoms with Crippen molar-refractivity contribution in [1.29, 1.82) is 0 Å². The standard InChI is InChI=1S/C29H25N3O9/c1-15(33)17-8-12-18(13-9-17)31-26(35)22-23(27(31)36)29(28(37)38,14-16-6-10-19(11-7-16)32(39)40)30-24(22)20-4-3-5-21(41-2)25(20)34/h3-13,22-24,30,34H,14H2,1-2H3,(H,37,38). The molecule has 0 aromatic heterocycles. The first kappa shape index (κ1) is 27.5. The number of rotatable bonds is 8. The largest absolute Gasteiger partial charge is 0.504 e. The van der Waals surface area contributed by atoms with Gasteiger partial charge in [-0.2, -0.15) is 0 Å². The lowest BCUT2D eigenvalue weighted by atomic mass is 9.76. The van der Waals surface area contributed by atoms with Crippen molar-refractivity contribution in [2.45, 2.75) is 24.9 Å². The molecule has 210 valence electrons. The summed E-state index contributed by atoms with van der Waals surface area (Å²) in [5.74, 6) is -5.93. The van der Waals surface area contributed by atoms with Gasteiger partial charge >= 0.3 is 5.97 Å². The molecule has 0 bridgehead atoms. The van der Waals surface area contributed by atoms with E-state index in [0.717, 1.165) is 4.90 Å². The molecule has 2 aliphatic heterocycles. The second kappa shape index (κ2) is 10.1. The maximum absolute atomic E-state index is 14.0. The number of nitro groups is 1. The Morgan fingerprint density at radius 3 is 2.27 bits per heavy atom. The van der Waals surface area contributed by atoms with E-state index >= 15 is 0 Å². The van der Waals surface area contributed by atoms with Crippen LogP contribution < -0.4 is 15.0 Å². The number of methoxy groups -OCH3 is 1. The molecule has 4 unspecified atom stereocenters. The number of carboxylic acids is 1. The van der Waals surface area contributed by atoms with Gasteiger partial charge in [-0.05, 0) is 42.8 Å². The molecule has 4 atom stereocenters. The smallest absolute Gasteiger partial charge is 0.325 e. The number of benzene rings is 3. The lowest BCUT2D eigenvalue weighted by Crippen LogP contribution is -2.57. The van der Waals surface area contributed by atoms with Gasteiger partial charge in [-0.25, -0.2) is 4.90 Å². The minimum absolute atomic E-state index is 0.0949. The molecule has 12 heteroatoms. The first-order valence-electron chi connectivity index (χ1n) is 12.6. The summed E-state index contributed by atoms with van der Waals surface area (Å²) in [6.45, 7) is 1.38. The van der Waals surface area contributed by atoms with E-state index in [-0.39, 0.29) is 40.6 Å². The third kappa shape index (κ3) is 4.38. The van der Waals surface area contributed by atoms with Crippen LogP contribution in [0.2, 0.25) is 0 Å². The zero-order chi connectivity index (χ0) is 29.6. The Hall–Kier alpha value is -5.10. The normalized spacial score (nSPS) is 23.4. The molecule has 0 aliphatic carbocycles. The van der Waals surface area contributed by atoms with Crippen LogP contribution in [0.5, 0.6) is 11.5 Å². The summed E-state index contributed by atoms with van der Waals surface area (Å²) in [5.41, 5.74) is -1.14. The fourth-order valence-electron chi connectivity index (χ4n) is 5.82. The van der Waals surface area contributed by atoms with E-state index in [9.17, 15) is 39.5 Å². The number of carbonyl (C=O) groups is 4. The fourth-order valence-corrected chi connectivity index (χ4v) is 5.82. The SMILES string of the molecule is COc1cccc(C2NC(Cc3ccc([N+](=O)[O-])cc3)(C(=O)O)C3C(=O)N(c4ccc(C(C)=O)cc4)C(=O)C23)c1O. The van der Waals surface area contributed by atoms with Gasteiger partial charge < -0.3 is 14.9 Å². The number of phenolic OH excluding ortho intramolecular Hbond substituents is 1. The summed E-state index contributed by atoms with van der Waals surface area (Å²) in [7, 11) is 1.34. The molecule has 2 saturated heterocycles. The highest BCUT2D eigenvalue weighted by atomic mass is 16.6. The van der Waals surface area contributed by atoms with Crippen LogP contribution in [0.4, 0.5) is 11.4 Å². The Morgan fingerprint density at radius 1 is 1.05 bits per heavy atom. The number of ether oxygens (including phenoxy) is 1. The van der Waals surface area contributed by atoms with Crippen molar-refractivity contribution >= 4 is 34.9 Å². The molecule has 3 aromatic carbocycles. The second-order valence-corrected chi connectivity index (χ2v) is 10.0. The zero-order valence-corrected chi connectivity index (χ0v) is 21.9. The molecule has 41 heavy (non-hydrogen) atoms. The van der Waals surface area contributed by atoms with E-state index in [4.69, 9.17) is 4.74 Å². The number of hydrogen-bond donors (Lipinski definition) is 3. The number of phenols is 1. The number of para-hydroxylation sites is 1. The number of hydrogen-bond acceptors (Lipinski definition) is 9. The first-order valence-corrected chi connectivity index (χ1v) is 12.6. The Bertz CT molecular complexity index is 1590. The molecule has 5 rings (SSSR count). The Labute approximate surface area is 233 Å². The summed E-state index contributed by atoms with van der Waals surface area (Å²) in [6.07, 6.45) is -0.293. The topological polar surface area (TPSA) is 176 Å². The molecular weight excluding hydrogens is 534 g/mol. The number of nitrogens with one attached hydrogen (secondary N) is 1. The van der Waals surface area contributed by atoms with E-state index in [1.54, 1.807) is 6.07 Å². The van der Waals surface area contributed by atoms with Gasteiger partial charge in [-0.1, -0.05) is 24.3 Å². The molecule has 12 nitrogen and oxygen atoms in total. The monoisotopic (exact) mass is 559 g/mol. The summed E-state index contributed by atoms with van der Waals surface area (Å²) in [4.78, 5) is 64.3. The van der Waals surface area contributed by atoms with Gasteiger partial charge in [0.25, 0.3) is 5.69 Å². The molecule has 3 N–H and O–H groups in total. The number of carboxylic acid groups (broad SMARTS) is 1. The highest BCUT2D eigenvalue weighted by Gasteiger charge is 2.69. The maximum Gasteiger partial charge on any atom is 0.325 e. The number of aromatic hydroxyl groups is 1. The second-order valence-electron chi connectivity index (χ2n) is 10.0. The molecule has 2 amide bonds. The van der Waals surface area contributed by atoms with Crippen molar-refractivity contribution < 1.29 is 39.1 Å². The number of nitrogens with zero attached hydrogens (tertiary/aromatic N) is 2. The van der Waals surface area contributed by atoms with Gasteiger partial charge in [-0.15, -0.1) is 0 Å². The van der Waals surface area contributed by atoms with E-state index in [1.807, 2.05) is 0 Å². The van der Waals surface area contributed by atoms with E-state index in [1.165, 1.54) is 74.7 Å². The Morgan fingerprint density at radius 2 is 1.71 bits per heavy atom. The summed E-state index contributed by atoms with van der Waals surface area (Å²) in [5, 5.41) is 35.7. The van der Waals surface area contributed by atoms with E-state index in [0.29, 0.717) is 11.1 Å². The van der Waals surface area contributed by atoms with Crippen LogP contribution in [0.3, 0.4) is 0 Å². The average Bonchev–Trinajstić information content (AvgIpc) is 3.42. The third-order valence-corrected chi connectivity index (χ3v) is 7.78. The number of ketones is 1. The molecule has 0 spiro atoms. The number of Topliss-reactive ketones (excluding diaryl/α,β-unsaturated/α-hetero) is 1. The molecule has 0 saturated carbocycles. The molecular formula is C29H25N3O9. The molecule has 0 radical (unpaired) electrons. The van der Waals surface area contributed by atoms with Crippen molar-refractivity contribution in [3.63, 3.8) is 0 Å². The van der Waals surface area contributed by atoms with Crippen LogP contribution in [0.15, 0.2) is 66.7 Å². The predicted molar refractivity (Wildman–Crippen MR) is 144 cm³/mol. The molecule has 3 aromatic rings. The molecule has 2 heterocycles. The van der Waals surface area contributed by atoms with Crippen LogP contribution in [-0.2, 0) is 20.8 Å². The van der Waals surface area contributed by atoms with Crippen LogP contribution in [0.1, 0.15) is 34.5 Å². The first-order chi connectivity index (χ1) is 19.5. The molecule has 2 fully saturated rings. The fraction of sp³-hybridized carbons (Fsp3) is 0.241. The van der Waals surface area contributed by atoms with Gasteiger partial charge in [-0.3, -0.25) is 34.6 Å². The Kier molecular flexibility index (Phi) is 6.79. The number of aliphatic carboxylic acids is 1. The lowest BCUT2D eigenvalue weighted by molar-refractivity contribution is -0.384. The van der Waals surface area contributed by atoms with Crippen LogP contribution in [0.25, 0.3) is 0 Å². The number of imide groups is 1. The van der Waals surface area contributed by atoms with Gasteiger partial charge in [0.15, 0.2) is 17.3 Å². The number of non-ortho nitro benzene ring substituents is 1. The highest BCUT2D eigenvalue weighted by molar-refractivity contribution is 6.24. The van der Waals surface area contributed by atoms with Crippen LogP contribution >= 0.6 is 0 Å². The van der Waals surface area contributed by atoms with Gasteiger partial charge in [0.05, 0.1) is 29.6 Å². The number of fused-ring (bicyclic) bond motifs is 1. The third-order valence-electron chi connectivity index (χ3n) is 7.78. The van der Waals surface area contributed by atoms with Gasteiger partial charge in [0.1, 0.15) is 5.54 Å².